The zero-order valence-electron chi connectivity index (χ0n) is 22.2. The van der Waals surface area contributed by atoms with E-state index in [0.29, 0.717) is 26.1 Å². The van der Waals surface area contributed by atoms with Gasteiger partial charge in [-0.2, -0.15) is 0 Å². The van der Waals surface area contributed by atoms with E-state index < -0.39 is 22.6 Å². The smallest absolute Gasteiger partial charge is 0.310 e. The van der Waals surface area contributed by atoms with Crippen molar-refractivity contribution in [1.29, 1.82) is 0 Å². The number of carbonyl (C=O) groups is 3. The van der Waals surface area contributed by atoms with Crippen molar-refractivity contribution in [2.45, 2.75) is 87.8 Å². The Morgan fingerprint density at radius 2 is 2.06 bits per heavy atom. The second-order valence-corrected chi connectivity index (χ2v) is 12.1. The topological polar surface area (TPSA) is 87.2 Å². The van der Waals surface area contributed by atoms with Crippen LogP contribution in [-0.4, -0.2) is 81.1 Å². The first kappa shape index (κ1) is 28.8. The number of amides is 2. The molecule has 3 aliphatic rings. The highest BCUT2D eigenvalue weighted by Crippen LogP contribution is 2.68. The molecule has 3 aliphatic heterocycles. The number of hydrogen-bond acceptors (Lipinski definition) is 6. The third-order valence-electron chi connectivity index (χ3n) is 8.20. The minimum absolute atomic E-state index is 0.0148. The van der Waals surface area contributed by atoms with Crippen LogP contribution >= 0.6 is 11.8 Å². The van der Waals surface area contributed by atoms with E-state index in [1.165, 1.54) is 0 Å². The van der Waals surface area contributed by atoms with Gasteiger partial charge in [-0.1, -0.05) is 32.4 Å². The van der Waals surface area contributed by atoms with E-state index in [-0.39, 0.29) is 41.6 Å². The van der Waals surface area contributed by atoms with Crippen molar-refractivity contribution in [2.24, 2.45) is 17.8 Å². The Morgan fingerprint density at radius 1 is 1.31 bits per heavy atom. The van der Waals surface area contributed by atoms with Crippen molar-refractivity contribution in [1.82, 2.24) is 9.80 Å². The van der Waals surface area contributed by atoms with E-state index in [0.717, 1.165) is 38.5 Å². The van der Waals surface area contributed by atoms with E-state index in [1.807, 2.05) is 17.9 Å². The van der Waals surface area contributed by atoms with Crippen LogP contribution in [0.4, 0.5) is 0 Å². The van der Waals surface area contributed by atoms with Crippen LogP contribution in [0, 0.1) is 17.8 Å². The maximum atomic E-state index is 14.3. The number of allylic oxidation sites excluding steroid dienone is 1. The normalized spacial score (nSPS) is 31.3. The molecule has 202 valence electrons. The minimum Gasteiger partial charge on any atom is -0.465 e. The molecule has 3 saturated heterocycles. The highest BCUT2D eigenvalue weighted by atomic mass is 32.2. The standard InChI is InChI=1S/C28H44N2O5S/c1-6-9-10-11-17-35-27(34)22-21-18-19(4)28(36-21)23(22)25(32)30(15-12-16-31)24(28)26(33)29(14-8-3)20(5)13-7-2/h6,8,19-24,31H,1,3,7,9-18H2,2,4-5H3/t19?,20?,21-,22+,23-,24?,28?/m0/s1. The summed E-state index contributed by atoms with van der Waals surface area (Å²) in [4.78, 5) is 45.1. The van der Waals surface area contributed by atoms with Crippen LogP contribution in [0.2, 0.25) is 0 Å². The van der Waals surface area contributed by atoms with Crippen LogP contribution in [0.3, 0.4) is 0 Å². The zero-order valence-corrected chi connectivity index (χ0v) is 23.0. The minimum atomic E-state index is -0.661. The summed E-state index contributed by atoms with van der Waals surface area (Å²) in [5.74, 6) is -1.51. The summed E-state index contributed by atoms with van der Waals surface area (Å²) in [6.07, 6.45) is 9.12. The van der Waals surface area contributed by atoms with Gasteiger partial charge in [-0.3, -0.25) is 14.4 Å². The molecule has 2 bridgehead atoms. The van der Waals surface area contributed by atoms with Gasteiger partial charge in [0.2, 0.25) is 11.8 Å². The SMILES string of the molecule is C=CCCCCOC(=O)[C@@H]1[C@@H]2CC(C)C3(S2)C(C(=O)N(CC=C)C(C)CCC)N(CCCO)C(=O)[C@H]13. The van der Waals surface area contributed by atoms with Gasteiger partial charge in [-0.05, 0) is 51.4 Å². The lowest BCUT2D eigenvalue weighted by molar-refractivity contribution is -0.154. The van der Waals surface area contributed by atoms with E-state index in [4.69, 9.17) is 4.74 Å². The molecule has 1 N–H and O–H groups in total. The third kappa shape index (κ3) is 5.13. The third-order valence-corrected chi connectivity index (χ3v) is 10.3. The molecule has 0 saturated carbocycles. The van der Waals surface area contributed by atoms with Crippen LogP contribution in [0.1, 0.15) is 65.7 Å². The van der Waals surface area contributed by atoms with Crippen molar-refractivity contribution in [3.05, 3.63) is 25.3 Å². The molecule has 7 nitrogen and oxygen atoms in total. The second-order valence-electron chi connectivity index (χ2n) is 10.5. The van der Waals surface area contributed by atoms with Gasteiger partial charge in [-0.25, -0.2) is 0 Å². The fourth-order valence-corrected chi connectivity index (χ4v) is 8.97. The Balaban J connectivity index is 1.94. The number of hydrogen-bond donors (Lipinski definition) is 1. The number of unbranched alkanes of at least 4 members (excludes halogenated alkanes) is 2. The summed E-state index contributed by atoms with van der Waals surface area (Å²) in [5.41, 5.74) is 0. The first-order valence-corrected chi connectivity index (χ1v) is 14.5. The van der Waals surface area contributed by atoms with Crippen LogP contribution in [0.15, 0.2) is 25.3 Å². The van der Waals surface area contributed by atoms with Crippen LogP contribution < -0.4 is 0 Å². The lowest BCUT2D eigenvalue weighted by atomic mass is 9.66. The van der Waals surface area contributed by atoms with Crippen LogP contribution in [-0.2, 0) is 19.1 Å². The van der Waals surface area contributed by atoms with Crippen molar-refractivity contribution in [3.8, 4) is 0 Å². The van der Waals surface area contributed by atoms with Gasteiger partial charge in [-0.15, -0.1) is 24.9 Å². The highest BCUT2D eigenvalue weighted by Gasteiger charge is 2.76. The van der Waals surface area contributed by atoms with Gasteiger partial charge in [0, 0.05) is 31.0 Å². The number of esters is 1. The number of aliphatic hydroxyl groups is 1. The predicted octanol–water partition coefficient (Wildman–Crippen LogP) is 3.81. The Bertz CT molecular complexity index is 835. The maximum absolute atomic E-state index is 14.3. The number of carbonyl (C=O) groups excluding carboxylic acids is 3. The molecular formula is C28H44N2O5S. The molecule has 0 aliphatic carbocycles. The summed E-state index contributed by atoms with van der Waals surface area (Å²) in [6.45, 7) is 14.8. The summed E-state index contributed by atoms with van der Waals surface area (Å²) in [7, 11) is 0. The molecule has 3 fully saturated rings. The molecule has 0 radical (unpaired) electrons. The molecule has 3 heterocycles. The number of rotatable bonds is 15. The first-order chi connectivity index (χ1) is 17.3. The highest BCUT2D eigenvalue weighted by molar-refractivity contribution is 8.02. The van der Waals surface area contributed by atoms with Gasteiger partial charge in [0.05, 0.1) is 23.2 Å². The number of thioether (sulfide) groups is 1. The fourth-order valence-electron chi connectivity index (χ4n) is 6.57. The summed E-state index contributed by atoms with van der Waals surface area (Å²) in [6, 6.07) is -0.642. The molecule has 36 heavy (non-hydrogen) atoms. The quantitative estimate of drug-likeness (QED) is 0.201. The van der Waals surface area contributed by atoms with E-state index in [9.17, 15) is 19.5 Å². The molecule has 1 spiro atoms. The number of nitrogens with zero attached hydrogens (tertiary/aromatic N) is 2. The van der Waals surface area contributed by atoms with Gasteiger partial charge in [0.15, 0.2) is 0 Å². The number of aliphatic hydroxyl groups excluding tert-OH is 1. The number of ether oxygens (including phenoxy) is 1. The number of fused-ring (bicyclic) bond motifs is 1. The molecule has 2 amide bonds. The first-order valence-electron chi connectivity index (χ1n) is 13.6. The number of likely N-dealkylation sites (tertiary alicyclic amines) is 1. The van der Waals surface area contributed by atoms with Crippen molar-refractivity contribution in [3.63, 3.8) is 0 Å². The molecule has 0 aromatic heterocycles. The van der Waals surface area contributed by atoms with Crippen molar-refractivity contribution < 1.29 is 24.2 Å². The largest absolute Gasteiger partial charge is 0.465 e. The average Bonchev–Trinajstić information content (AvgIpc) is 3.44. The molecule has 0 aromatic carbocycles. The van der Waals surface area contributed by atoms with Crippen molar-refractivity contribution in [2.75, 3.05) is 26.3 Å². The predicted molar refractivity (Wildman–Crippen MR) is 143 cm³/mol. The van der Waals surface area contributed by atoms with Crippen LogP contribution in [0.5, 0.6) is 0 Å². The van der Waals surface area contributed by atoms with Gasteiger partial charge < -0.3 is 19.6 Å². The Morgan fingerprint density at radius 3 is 2.69 bits per heavy atom. The fraction of sp³-hybridized carbons (Fsp3) is 0.750. The molecule has 3 rings (SSSR count). The Kier molecular flexibility index (Phi) is 10.1. The molecule has 4 unspecified atom stereocenters. The summed E-state index contributed by atoms with van der Waals surface area (Å²) < 4.78 is 5.02. The van der Waals surface area contributed by atoms with Gasteiger partial charge in [0.1, 0.15) is 6.04 Å². The van der Waals surface area contributed by atoms with Gasteiger partial charge >= 0.3 is 5.97 Å². The molecule has 0 aromatic rings. The average molecular weight is 521 g/mol. The van der Waals surface area contributed by atoms with Crippen LogP contribution in [0.25, 0.3) is 0 Å². The second kappa shape index (κ2) is 12.6. The monoisotopic (exact) mass is 520 g/mol. The summed E-state index contributed by atoms with van der Waals surface area (Å²) >= 11 is 1.67. The lowest BCUT2D eigenvalue weighted by Gasteiger charge is -2.41. The maximum Gasteiger partial charge on any atom is 0.310 e. The van der Waals surface area contributed by atoms with Crippen molar-refractivity contribution >= 4 is 29.5 Å². The molecule has 8 heteroatoms. The lowest BCUT2D eigenvalue weighted by Crippen LogP contribution is -2.58. The van der Waals surface area contributed by atoms with E-state index in [2.05, 4.69) is 27.0 Å². The Hall–Kier alpha value is -1.80. The summed E-state index contributed by atoms with van der Waals surface area (Å²) in [5, 5.41) is 9.52. The molecular weight excluding hydrogens is 476 g/mol. The van der Waals surface area contributed by atoms with Gasteiger partial charge in [0.25, 0.3) is 0 Å². The van der Waals surface area contributed by atoms with E-state index in [1.54, 1.807) is 22.7 Å². The zero-order chi connectivity index (χ0) is 26.5. The molecule has 7 atom stereocenters. The Labute approximate surface area is 220 Å². The van der Waals surface area contributed by atoms with E-state index >= 15 is 0 Å².